The third kappa shape index (κ3) is 3.82. The van der Waals surface area contributed by atoms with Crippen molar-refractivity contribution in [1.29, 1.82) is 0 Å². The highest BCUT2D eigenvalue weighted by Gasteiger charge is 2.02. The number of H-pyrrole nitrogens is 1. The predicted octanol–water partition coefficient (Wildman–Crippen LogP) is 3.86. The van der Waals surface area contributed by atoms with Crippen LogP contribution in [-0.2, 0) is 12.2 Å². The first kappa shape index (κ1) is 13.1. The molecule has 92 valence electrons. The lowest BCUT2D eigenvalue weighted by atomic mass is 10.1. The van der Waals surface area contributed by atoms with E-state index in [9.17, 15) is 0 Å². The summed E-state index contributed by atoms with van der Waals surface area (Å²) >= 11 is 7.05. The van der Waals surface area contributed by atoms with Gasteiger partial charge in [-0.05, 0) is 11.1 Å². The van der Waals surface area contributed by atoms with E-state index in [1.165, 1.54) is 5.56 Å². The van der Waals surface area contributed by atoms with Crippen LogP contribution in [0.25, 0.3) is 6.08 Å². The van der Waals surface area contributed by atoms with Gasteiger partial charge in [0.15, 0.2) is 0 Å². The summed E-state index contributed by atoms with van der Waals surface area (Å²) in [6, 6.07) is 8.37. The molecule has 1 aromatic carbocycles. The van der Waals surface area contributed by atoms with Crippen LogP contribution in [0, 0.1) is 0 Å². The zero-order valence-electron chi connectivity index (χ0n) is 9.93. The number of aromatic amines is 1. The molecule has 0 bridgehead atoms. The van der Waals surface area contributed by atoms with Crippen molar-refractivity contribution < 1.29 is 0 Å². The van der Waals surface area contributed by atoms with Crippen molar-refractivity contribution in [2.24, 2.45) is 0 Å². The highest BCUT2D eigenvalue weighted by atomic mass is 32.2. The van der Waals surface area contributed by atoms with E-state index in [2.05, 4.69) is 40.8 Å². The van der Waals surface area contributed by atoms with E-state index in [1.54, 1.807) is 18.1 Å². The Kier molecular flexibility index (Phi) is 4.73. The molecule has 1 heterocycles. The van der Waals surface area contributed by atoms with Crippen molar-refractivity contribution in [2.45, 2.75) is 12.2 Å². The summed E-state index contributed by atoms with van der Waals surface area (Å²) in [5.41, 5.74) is 3.48. The number of rotatable bonds is 5. The summed E-state index contributed by atoms with van der Waals surface area (Å²) in [5.74, 6) is 0.907. The van der Waals surface area contributed by atoms with E-state index < -0.39 is 0 Å². The maximum absolute atomic E-state index is 5.35. The second kappa shape index (κ2) is 6.52. The number of imidazole rings is 1. The maximum atomic E-state index is 5.35. The molecule has 0 aliphatic heterocycles. The second-order valence-electron chi connectivity index (χ2n) is 3.86. The van der Waals surface area contributed by atoms with Crippen molar-refractivity contribution in [3.05, 3.63) is 60.2 Å². The Balaban J connectivity index is 1.83. The molecule has 0 radical (unpaired) electrons. The summed E-state index contributed by atoms with van der Waals surface area (Å²) < 4.78 is 0.979. The SMILES string of the molecule is C=Cc1ccc(CSC(=S)Cc2cnc[nH]2)cc1. The molecule has 0 saturated carbocycles. The minimum absolute atomic E-state index is 0.769. The fourth-order valence-corrected chi connectivity index (χ4v) is 2.61. The first-order valence-electron chi connectivity index (χ1n) is 5.62. The number of thioether (sulfide) groups is 1. The van der Waals surface area contributed by atoms with E-state index in [1.807, 2.05) is 12.3 Å². The Morgan fingerprint density at radius 1 is 1.39 bits per heavy atom. The van der Waals surface area contributed by atoms with Crippen LogP contribution in [0.4, 0.5) is 0 Å². The van der Waals surface area contributed by atoms with Gasteiger partial charge in [-0.1, -0.05) is 49.1 Å². The molecule has 0 fully saturated rings. The molecule has 0 atom stereocenters. The highest BCUT2D eigenvalue weighted by Crippen LogP contribution is 2.17. The van der Waals surface area contributed by atoms with Crippen molar-refractivity contribution in [3.8, 4) is 0 Å². The Bertz CT molecular complexity index is 515. The van der Waals surface area contributed by atoms with Gasteiger partial charge in [0.05, 0.1) is 10.5 Å². The fraction of sp³-hybridized carbons (Fsp3) is 0.143. The Hall–Kier alpha value is -1.39. The summed E-state index contributed by atoms with van der Waals surface area (Å²) in [7, 11) is 0. The van der Waals surface area contributed by atoms with Gasteiger partial charge in [0, 0.05) is 24.1 Å². The maximum Gasteiger partial charge on any atom is 0.0921 e. The number of hydrogen-bond acceptors (Lipinski definition) is 3. The Morgan fingerprint density at radius 3 is 2.78 bits per heavy atom. The fourth-order valence-electron chi connectivity index (χ4n) is 1.50. The van der Waals surface area contributed by atoms with E-state index in [-0.39, 0.29) is 0 Å². The Labute approximate surface area is 117 Å². The van der Waals surface area contributed by atoms with Crippen molar-refractivity contribution in [3.63, 3.8) is 0 Å². The van der Waals surface area contributed by atoms with E-state index in [0.29, 0.717) is 0 Å². The number of aromatic nitrogens is 2. The lowest BCUT2D eigenvalue weighted by Gasteiger charge is -2.03. The van der Waals surface area contributed by atoms with Gasteiger partial charge in [0.1, 0.15) is 0 Å². The van der Waals surface area contributed by atoms with Crippen LogP contribution >= 0.6 is 24.0 Å². The van der Waals surface area contributed by atoms with E-state index >= 15 is 0 Å². The zero-order chi connectivity index (χ0) is 12.8. The monoisotopic (exact) mass is 274 g/mol. The molecule has 1 N–H and O–H groups in total. The molecular weight excluding hydrogens is 260 g/mol. The highest BCUT2D eigenvalue weighted by molar-refractivity contribution is 8.22. The second-order valence-corrected chi connectivity index (χ2v) is 5.68. The average Bonchev–Trinajstić information content (AvgIpc) is 2.90. The summed E-state index contributed by atoms with van der Waals surface area (Å²) in [4.78, 5) is 7.04. The van der Waals surface area contributed by atoms with Crippen LogP contribution in [0.2, 0.25) is 0 Å². The van der Waals surface area contributed by atoms with Crippen LogP contribution in [0.1, 0.15) is 16.8 Å². The van der Waals surface area contributed by atoms with E-state index in [0.717, 1.165) is 27.6 Å². The number of benzene rings is 1. The van der Waals surface area contributed by atoms with Gasteiger partial charge in [-0.15, -0.1) is 11.8 Å². The smallest absolute Gasteiger partial charge is 0.0921 e. The molecule has 0 amide bonds. The minimum atomic E-state index is 0.769. The topological polar surface area (TPSA) is 28.7 Å². The van der Waals surface area contributed by atoms with Crippen molar-refractivity contribution >= 4 is 34.3 Å². The quantitative estimate of drug-likeness (QED) is 0.839. The molecule has 0 saturated heterocycles. The molecule has 0 aliphatic carbocycles. The molecule has 2 aromatic rings. The third-order valence-electron chi connectivity index (χ3n) is 2.50. The third-order valence-corrected chi connectivity index (χ3v) is 3.95. The van der Waals surface area contributed by atoms with Crippen molar-refractivity contribution in [1.82, 2.24) is 9.97 Å². The zero-order valence-corrected chi connectivity index (χ0v) is 11.6. The van der Waals surface area contributed by atoms with Gasteiger partial charge in [0.25, 0.3) is 0 Å². The van der Waals surface area contributed by atoms with E-state index in [4.69, 9.17) is 12.2 Å². The van der Waals surface area contributed by atoms with Crippen LogP contribution in [0.15, 0.2) is 43.4 Å². The van der Waals surface area contributed by atoms with Gasteiger partial charge in [-0.25, -0.2) is 4.98 Å². The summed E-state index contributed by atoms with van der Waals surface area (Å²) in [6.07, 6.45) is 6.10. The van der Waals surface area contributed by atoms with Crippen LogP contribution in [0.3, 0.4) is 0 Å². The molecular formula is C14H14N2S2. The number of thiocarbonyl (C=S) groups is 1. The lowest BCUT2D eigenvalue weighted by molar-refractivity contribution is 1.21. The average molecular weight is 274 g/mol. The standard InChI is InChI=1S/C14H14N2S2/c1-2-11-3-5-12(6-4-11)9-18-14(17)7-13-8-15-10-16-13/h2-6,8,10H,1,7,9H2,(H,15,16). The molecule has 18 heavy (non-hydrogen) atoms. The van der Waals surface area contributed by atoms with Crippen LogP contribution < -0.4 is 0 Å². The molecule has 0 spiro atoms. The van der Waals surface area contributed by atoms with Gasteiger partial charge in [-0.3, -0.25) is 0 Å². The first-order chi connectivity index (χ1) is 8.78. The largest absolute Gasteiger partial charge is 0.348 e. The molecule has 0 aliphatic rings. The number of nitrogens with one attached hydrogen (secondary N) is 1. The molecule has 4 heteroatoms. The normalized spacial score (nSPS) is 10.2. The van der Waals surface area contributed by atoms with Crippen LogP contribution in [-0.4, -0.2) is 14.2 Å². The van der Waals surface area contributed by atoms with Gasteiger partial charge < -0.3 is 4.98 Å². The van der Waals surface area contributed by atoms with Gasteiger partial charge in [-0.2, -0.15) is 0 Å². The molecule has 1 aromatic heterocycles. The Morgan fingerprint density at radius 2 is 2.17 bits per heavy atom. The van der Waals surface area contributed by atoms with Crippen LogP contribution in [0.5, 0.6) is 0 Å². The number of hydrogen-bond donors (Lipinski definition) is 1. The predicted molar refractivity (Wildman–Crippen MR) is 82.7 cm³/mol. The summed E-state index contributed by atoms with van der Waals surface area (Å²) in [5, 5.41) is 0. The molecule has 0 unspecified atom stereocenters. The summed E-state index contributed by atoms with van der Waals surface area (Å²) in [6.45, 7) is 3.74. The lowest BCUT2D eigenvalue weighted by Crippen LogP contribution is -1.96. The van der Waals surface area contributed by atoms with Crippen molar-refractivity contribution in [2.75, 3.05) is 0 Å². The number of nitrogens with zero attached hydrogens (tertiary/aromatic N) is 1. The first-order valence-corrected chi connectivity index (χ1v) is 7.01. The van der Waals surface area contributed by atoms with Gasteiger partial charge in [0.2, 0.25) is 0 Å². The molecule has 2 rings (SSSR count). The van der Waals surface area contributed by atoms with Gasteiger partial charge >= 0.3 is 0 Å². The molecule has 2 nitrogen and oxygen atoms in total. The minimum Gasteiger partial charge on any atom is -0.348 e.